The van der Waals surface area contributed by atoms with Crippen LogP contribution >= 0.6 is 11.6 Å². The molecule has 30 heavy (non-hydrogen) atoms. The summed E-state index contributed by atoms with van der Waals surface area (Å²) in [7, 11) is 0. The normalized spacial score (nSPS) is 15.1. The molecule has 4 rings (SSSR count). The standard InChI is InChI=1S/C24H27ClN4O/c25-20-12-10-18(11-13-20)16-29-17-19(22-8-4-5-9-23(22)29)14-27-28-24(30)15-26-21-6-2-1-3-7-21/h4-5,8-14,17,21,26H,1-3,6-7,15-16H2,(H,28,30)/b27-14-. The molecule has 2 N–H and O–H groups in total. The van der Waals surface area contributed by atoms with Crippen molar-refractivity contribution in [1.82, 2.24) is 15.3 Å². The van der Waals surface area contributed by atoms with Gasteiger partial charge in [-0.3, -0.25) is 4.79 Å². The van der Waals surface area contributed by atoms with Gasteiger partial charge in [0.05, 0.1) is 12.8 Å². The maximum Gasteiger partial charge on any atom is 0.254 e. The predicted molar refractivity (Wildman–Crippen MR) is 123 cm³/mol. The van der Waals surface area contributed by atoms with Gasteiger partial charge in [0, 0.05) is 40.3 Å². The third kappa shape index (κ3) is 5.29. The Morgan fingerprint density at radius 2 is 1.87 bits per heavy atom. The second-order valence-electron chi connectivity index (χ2n) is 7.86. The van der Waals surface area contributed by atoms with Gasteiger partial charge in [-0.2, -0.15) is 5.10 Å². The SMILES string of the molecule is O=C(CNC1CCCCC1)N/N=C\c1cn(Cc2ccc(Cl)cc2)c2ccccc12. The number of amides is 1. The van der Waals surface area contributed by atoms with Crippen molar-refractivity contribution in [1.29, 1.82) is 0 Å². The van der Waals surface area contributed by atoms with E-state index in [1.807, 2.05) is 36.4 Å². The number of hydrogen-bond donors (Lipinski definition) is 2. The molecule has 0 spiro atoms. The van der Waals surface area contributed by atoms with Crippen LogP contribution in [0.4, 0.5) is 0 Å². The lowest BCUT2D eigenvalue weighted by Crippen LogP contribution is -2.38. The van der Waals surface area contributed by atoms with Crippen molar-refractivity contribution in [3.63, 3.8) is 0 Å². The van der Waals surface area contributed by atoms with E-state index in [4.69, 9.17) is 11.6 Å². The van der Waals surface area contributed by atoms with E-state index in [0.29, 0.717) is 12.6 Å². The van der Waals surface area contributed by atoms with Gasteiger partial charge in [-0.15, -0.1) is 0 Å². The van der Waals surface area contributed by atoms with Crippen LogP contribution in [-0.2, 0) is 11.3 Å². The van der Waals surface area contributed by atoms with Crippen molar-refractivity contribution in [3.8, 4) is 0 Å². The summed E-state index contributed by atoms with van der Waals surface area (Å²) in [5.74, 6) is -0.110. The van der Waals surface area contributed by atoms with Crippen molar-refractivity contribution in [2.75, 3.05) is 6.54 Å². The number of carbonyl (C=O) groups excluding carboxylic acids is 1. The van der Waals surface area contributed by atoms with Crippen molar-refractivity contribution < 1.29 is 4.79 Å². The molecule has 0 unspecified atom stereocenters. The number of aromatic nitrogens is 1. The second kappa shape index (κ2) is 9.92. The fourth-order valence-corrected chi connectivity index (χ4v) is 4.18. The molecule has 156 valence electrons. The van der Waals surface area contributed by atoms with Crippen LogP contribution in [0.2, 0.25) is 5.02 Å². The van der Waals surface area contributed by atoms with E-state index in [0.717, 1.165) is 40.9 Å². The molecule has 1 aliphatic rings. The smallest absolute Gasteiger partial charge is 0.254 e. The first-order valence-corrected chi connectivity index (χ1v) is 10.9. The number of hydrazone groups is 1. The van der Waals surface area contributed by atoms with Crippen LogP contribution in [-0.4, -0.2) is 29.3 Å². The third-order valence-electron chi connectivity index (χ3n) is 5.63. The minimum atomic E-state index is -0.110. The molecular weight excluding hydrogens is 396 g/mol. The Morgan fingerprint density at radius 3 is 2.67 bits per heavy atom. The molecule has 5 nitrogen and oxygen atoms in total. The zero-order chi connectivity index (χ0) is 20.8. The third-order valence-corrected chi connectivity index (χ3v) is 5.89. The average Bonchev–Trinajstić information content (AvgIpc) is 3.12. The molecule has 0 bridgehead atoms. The fraction of sp³-hybridized carbons (Fsp3) is 0.333. The molecule has 3 aromatic rings. The highest BCUT2D eigenvalue weighted by Gasteiger charge is 2.13. The largest absolute Gasteiger partial charge is 0.342 e. The fourth-order valence-electron chi connectivity index (χ4n) is 4.05. The molecule has 1 aromatic heterocycles. The number of nitrogens with zero attached hydrogens (tertiary/aromatic N) is 2. The average molecular weight is 423 g/mol. The van der Waals surface area contributed by atoms with Crippen molar-refractivity contribution in [2.24, 2.45) is 5.10 Å². The van der Waals surface area contributed by atoms with Gasteiger partial charge in [0.15, 0.2) is 0 Å². The summed E-state index contributed by atoms with van der Waals surface area (Å²) in [4.78, 5) is 12.1. The van der Waals surface area contributed by atoms with Gasteiger partial charge in [0.1, 0.15) is 0 Å². The number of fused-ring (bicyclic) bond motifs is 1. The Kier molecular flexibility index (Phi) is 6.82. The minimum absolute atomic E-state index is 0.110. The molecule has 1 heterocycles. The lowest BCUT2D eigenvalue weighted by molar-refractivity contribution is -0.120. The Labute approximate surface area is 182 Å². The molecule has 6 heteroatoms. The quantitative estimate of drug-likeness (QED) is 0.427. The zero-order valence-electron chi connectivity index (χ0n) is 17.0. The molecule has 2 aromatic carbocycles. The Hall–Kier alpha value is -2.63. The van der Waals surface area contributed by atoms with Crippen molar-refractivity contribution >= 4 is 34.6 Å². The molecule has 0 aliphatic heterocycles. The van der Waals surface area contributed by atoms with E-state index >= 15 is 0 Å². The van der Waals surface area contributed by atoms with E-state index in [9.17, 15) is 4.79 Å². The summed E-state index contributed by atoms with van der Waals surface area (Å²) in [6, 6.07) is 16.5. The number of para-hydroxylation sites is 1. The highest BCUT2D eigenvalue weighted by atomic mass is 35.5. The summed E-state index contributed by atoms with van der Waals surface area (Å²) in [6.45, 7) is 1.05. The topological polar surface area (TPSA) is 58.4 Å². The Morgan fingerprint density at radius 1 is 1.10 bits per heavy atom. The maximum absolute atomic E-state index is 12.1. The first kappa shape index (κ1) is 20.6. The highest BCUT2D eigenvalue weighted by Crippen LogP contribution is 2.22. The summed E-state index contributed by atoms with van der Waals surface area (Å²) >= 11 is 6.00. The van der Waals surface area contributed by atoms with Gasteiger partial charge in [0.25, 0.3) is 5.91 Å². The van der Waals surface area contributed by atoms with Crippen LogP contribution in [0.1, 0.15) is 43.2 Å². The minimum Gasteiger partial charge on any atom is -0.342 e. The molecule has 1 aliphatic carbocycles. The molecule has 0 saturated heterocycles. The number of benzene rings is 2. The van der Waals surface area contributed by atoms with Gasteiger partial charge in [0.2, 0.25) is 0 Å². The van der Waals surface area contributed by atoms with E-state index < -0.39 is 0 Å². The first-order chi connectivity index (χ1) is 14.7. The van der Waals surface area contributed by atoms with Crippen molar-refractivity contribution in [3.05, 3.63) is 70.9 Å². The van der Waals surface area contributed by atoms with E-state index in [1.54, 1.807) is 6.21 Å². The second-order valence-corrected chi connectivity index (χ2v) is 8.30. The van der Waals surface area contributed by atoms with Gasteiger partial charge < -0.3 is 9.88 Å². The molecule has 1 amide bonds. The Bertz CT molecular complexity index is 1020. The summed E-state index contributed by atoms with van der Waals surface area (Å²) in [5.41, 5.74) is 5.91. The molecule has 0 radical (unpaired) electrons. The first-order valence-electron chi connectivity index (χ1n) is 10.6. The summed E-state index contributed by atoms with van der Waals surface area (Å²) in [5, 5.41) is 9.36. The van der Waals surface area contributed by atoms with Crippen LogP contribution in [0.25, 0.3) is 10.9 Å². The molecular formula is C24H27ClN4O. The zero-order valence-corrected chi connectivity index (χ0v) is 17.7. The highest BCUT2D eigenvalue weighted by molar-refractivity contribution is 6.30. The van der Waals surface area contributed by atoms with Crippen LogP contribution in [0, 0.1) is 0 Å². The Balaban J connectivity index is 1.40. The van der Waals surface area contributed by atoms with Crippen LogP contribution in [0.5, 0.6) is 0 Å². The summed E-state index contributed by atoms with van der Waals surface area (Å²) < 4.78 is 2.19. The summed E-state index contributed by atoms with van der Waals surface area (Å²) in [6.07, 6.45) is 9.90. The van der Waals surface area contributed by atoms with Crippen LogP contribution in [0.3, 0.4) is 0 Å². The van der Waals surface area contributed by atoms with E-state index in [1.165, 1.54) is 24.8 Å². The molecule has 1 saturated carbocycles. The molecule has 0 atom stereocenters. The van der Waals surface area contributed by atoms with Crippen molar-refractivity contribution in [2.45, 2.75) is 44.7 Å². The number of carbonyl (C=O) groups is 1. The van der Waals surface area contributed by atoms with Crippen LogP contribution in [0.15, 0.2) is 59.8 Å². The maximum atomic E-state index is 12.1. The molecule has 1 fully saturated rings. The lowest BCUT2D eigenvalue weighted by atomic mass is 9.95. The van der Waals surface area contributed by atoms with Gasteiger partial charge >= 0.3 is 0 Å². The number of halogens is 1. The van der Waals surface area contributed by atoms with Gasteiger partial charge in [-0.1, -0.05) is 61.2 Å². The lowest BCUT2D eigenvalue weighted by Gasteiger charge is -2.22. The predicted octanol–water partition coefficient (Wildman–Crippen LogP) is 4.72. The number of nitrogens with one attached hydrogen (secondary N) is 2. The van der Waals surface area contributed by atoms with Gasteiger partial charge in [-0.05, 0) is 36.6 Å². The van der Waals surface area contributed by atoms with Crippen LogP contribution < -0.4 is 10.7 Å². The monoisotopic (exact) mass is 422 g/mol. The van der Waals surface area contributed by atoms with E-state index in [-0.39, 0.29) is 5.91 Å². The number of rotatable bonds is 7. The van der Waals surface area contributed by atoms with E-state index in [2.05, 4.69) is 38.7 Å². The number of hydrogen-bond acceptors (Lipinski definition) is 3. The van der Waals surface area contributed by atoms with Gasteiger partial charge in [-0.25, -0.2) is 5.43 Å².